The number of piperidine rings is 1. The summed E-state index contributed by atoms with van der Waals surface area (Å²) in [5.41, 5.74) is 9.04. The maximum atomic E-state index is 13.0. The Balaban J connectivity index is 1.21. The average Bonchev–Trinajstić information content (AvgIpc) is 3.49. The quantitative estimate of drug-likeness (QED) is 0.534. The van der Waals surface area contributed by atoms with Gasteiger partial charge in [0.15, 0.2) is 5.37 Å². The summed E-state index contributed by atoms with van der Waals surface area (Å²) >= 11 is 7.38. The van der Waals surface area contributed by atoms with E-state index in [0.29, 0.717) is 24.4 Å². The molecule has 5 rings (SSSR count). The Morgan fingerprint density at radius 2 is 1.73 bits per heavy atom. The van der Waals surface area contributed by atoms with Crippen LogP contribution in [0.2, 0.25) is 5.02 Å². The molecule has 3 aliphatic heterocycles. The number of aryl methyl sites for hydroxylation is 1. The highest BCUT2D eigenvalue weighted by Crippen LogP contribution is 2.34. The molecule has 2 saturated heterocycles. The number of anilines is 1. The average molecular weight is 540 g/mol. The van der Waals surface area contributed by atoms with Gasteiger partial charge in [0.05, 0.1) is 17.5 Å². The van der Waals surface area contributed by atoms with Crippen LogP contribution >= 0.6 is 23.4 Å². The van der Waals surface area contributed by atoms with Crippen molar-refractivity contribution < 1.29 is 9.59 Å². The van der Waals surface area contributed by atoms with Crippen LogP contribution in [0.25, 0.3) is 0 Å². The lowest BCUT2D eigenvalue weighted by atomic mass is 9.99. The lowest BCUT2D eigenvalue weighted by Gasteiger charge is -2.30. The molecule has 37 heavy (non-hydrogen) atoms. The number of hydrogen-bond acceptors (Lipinski definition) is 6. The van der Waals surface area contributed by atoms with Crippen LogP contribution in [0.15, 0.2) is 53.6 Å². The number of benzene rings is 2. The molecule has 0 bridgehead atoms. The molecule has 0 aliphatic carbocycles. The zero-order valence-corrected chi connectivity index (χ0v) is 22.8. The number of halogens is 1. The number of thioether (sulfide) groups is 1. The smallest absolute Gasteiger partial charge is 0.252 e. The van der Waals surface area contributed by atoms with E-state index in [0.717, 1.165) is 48.3 Å². The normalized spacial score (nSPS) is 23.1. The van der Waals surface area contributed by atoms with Crippen LogP contribution in [-0.4, -0.2) is 57.8 Å². The summed E-state index contributed by atoms with van der Waals surface area (Å²) in [4.78, 5) is 29.5. The van der Waals surface area contributed by atoms with E-state index in [2.05, 4.69) is 24.0 Å². The first-order chi connectivity index (χ1) is 17.9. The third kappa shape index (κ3) is 6.30. The standard InChI is InChI=1S/C28H34ClN5O2S/c1-19-12-14-32(15-13-19)17-21-4-9-23(10-5-21)33-18-24(16-26(33)35)34-28(27(30)36)37-25(31-34)11-6-20-2-7-22(29)8-3-20/h2-5,7-10,19,24,28H,6,11-18H2,1H3,(H2,30,36)/t24-,28?/m0/s1. The molecule has 3 heterocycles. The van der Waals surface area contributed by atoms with Crippen molar-refractivity contribution in [2.24, 2.45) is 16.8 Å². The summed E-state index contributed by atoms with van der Waals surface area (Å²) < 4.78 is 0. The fraction of sp³-hybridized carbons (Fsp3) is 0.464. The van der Waals surface area contributed by atoms with E-state index in [1.165, 1.54) is 30.2 Å². The molecule has 3 aliphatic rings. The van der Waals surface area contributed by atoms with Gasteiger partial charge in [-0.15, -0.1) is 0 Å². The molecule has 2 aromatic carbocycles. The van der Waals surface area contributed by atoms with Gasteiger partial charge in [0.2, 0.25) is 5.91 Å². The molecular formula is C28H34ClN5O2S. The molecule has 2 N–H and O–H groups in total. The van der Waals surface area contributed by atoms with Gasteiger partial charge in [0, 0.05) is 30.2 Å². The van der Waals surface area contributed by atoms with Crippen LogP contribution in [0.5, 0.6) is 0 Å². The highest BCUT2D eigenvalue weighted by molar-refractivity contribution is 8.15. The Morgan fingerprint density at radius 1 is 1.05 bits per heavy atom. The third-order valence-electron chi connectivity index (χ3n) is 7.51. The van der Waals surface area contributed by atoms with Crippen molar-refractivity contribution in [2.45, 2.75) is 57.0 Å². The molecule has 0 aromatic heterocycles. The lowest BCUT2D eigenvalue weighted by molar-refractivity contribution is -0.121. The van der Waals surface area contributed by atoms with E-state index in [1.54, 1.807) is 9.91 Å². The zero-order valence-electron chi connectivity index (χ0n) is 21.2. The number of carbonyl (C=O) groups excluding carboxylic acids is 2. The molecule has 0 saturated carbocycles. The summed E-state index contributed by atoms with van der Waals surface area (Å²) in [7, 11) is 0. The van der Waals surface area contributed by atoms with Crippen molar-refractivity contribution >= 4 is 45.9 Å². The summed E-state index contributed by atoms with van der Waals surface area (Å²) in [6.45, 7) is 6.05. The summed E-state index contributed by atoms with van der Waals surface area (Å²) in [6, 6.07) is 15.9. The van der Waals surface area contributed by atoms with Crippen molar-refractivity contribution in [1.82, 2.24) is 9.91 Å². The Morgan fingerprint density at radius 3 is 2.41 bits per heavy atom. The number of primary amides is 1. The lowest BCUT2D eigenvalue weighted by Crippen LogP contribution is -2.44. The number of likely N-dealkylation sites (tertiary alicyclic amines) is 1. The van der Waals surface area contributed by atoms with Crippen LogP contribution in [0, 0.1) is 5.92 Å². The number of nitrogens with two attached hydrogens (primary N) is 1. The highest BCUT2D eigenvalue weighted by atomic mass is 35.5. The molecule has 0 spiro atoms. The molecule has 2 fully saturated rings. The van der Waals surface area contributed by atoms with E-state index >= 15 is 0 Å². The van der Waals surface area contributed by atoms with E-state index in [1.807, 2.05) is 36.4 Å². The van der Waals surface area contributed by atoms with Gasteiger partial charge in [-0.2, -0.15) is 5.10 Å². The molecule has 2 aromatic rings. The first-order valence-electron chi connectivity index (χ1n) is 13.0. The summed E-state index contributed by atoms with van der Waals surface area (Å²) in [5.74, 6) is 0.429. The van der Waals surface area contributed by atoms with Gasteiger partial charge in [-0.05, 0) is 73.7 Å². The van der Waals surface area contributed by atoms with Gasteiger partial charge in [0.1, 0.15) is 0 Å². The zero-order chi connectivity index (χ0) is 25.9. The molecule has 9 heteroatoms. The first-order valence-corrected chi connectivity index (χ1v) is 14.3. The Kier molecular flexibility index (Phi) is 8.07. The van der Waals surface area contributed by atoms with Gasteiger partial charge < -0.3 is 10.6 Å². The van der Waals surface area contributed by atoms with Crippen molar-refractivity contribution in [3.05, 3.63) is 64.7 Å². The first kappa shape index (κ1) is 26.1. The van der Waals surface area contributed by atoms with Gasteiger partial charge >= 0.3 is 0 Å². The number of amides is 2. The van der Waals surface area contributed by atoms with Crippen molar-refractivity contribution in [3.8, 4) is 0 Å². The molecule has 0 radical (unpaired) electrons. The second kappa shape index (κ2) is 11.5. The molecule has 1 unspecified atom stereocenters. The Bertz CT molecular complexity index is 1150. The van der Waals surface area contributed by atoms with Crippen LogP contribution in [0.1, 0.15) is 43.7 Å². The van der Waals surface area contributed by atoms with Gasteiger partial charge in [0.25, 0.3) is 5.91 Å². The predicted molar refractivity (Wildman–Crippen MR) is 150 cm³/mol. The molecular weight excluding hydrogens is 506 g/mol. The van der Waals surface area contributed by atoms with Crippen molar-refractivity contribution in [2.75, 3.05) is 24.5 Å². The number of hydrogen-bond donors (Lipinski definition) is 1. The van der Waals surface area contributed by atoms with Crippen molar-refractivity contribution in [1.29, 1.82) is 0 Å². The highest BCUT2D eigenvalue weighted by Gasteiger charge is 2.42. The topological polar surface area (TPSA) is 82.2 Å². The number of nitrogens with zero attached hydrogens (tertiary/aromatic N) is 4. The maximum Gasteiger partial charge on any atom is 0.252 e. The minimum absolute atomic E-state index is 0.0424. The van der Waals surface area contributed by atoms with Gasteiger partial charge in [-0.1, -0.05) is 54.6 Å². The number of hydrazone groups is 1. The van der Waals surface area contributed by atoms with Crippen molar-refractivity contribution in [3.63, 3.8) is 0 Å². The second-order valence-electron chi connectivity index (χ2n) is 10.4. The Hall–Kier alpha value is -2.55. The number of carbonyl (C=O) groups is 2. The predicted octanol–water partition coefficient (Wildman–Crippen LogP) is 4.48. The van der Waals surface area contributed by atoms with E-state index in [9.17, 15) is 9.59 Å². The van der Waals surface area contributed by atoms with Crippen LogP contribution < -0.4 is 10.6 Å². The molecule has 2 atom stereocenters. The van der Waals surface area contributed by atoms with E-state index in [-0.39, 0.29) is 11.9 Å². The molecule has 2 amide bonds. The molecule has 7 nitrogen and oxygen atoms in total. The van der Waals surface area contributed by atoms with E-state index in [4.69, 9.17) is 22.4 Å². The molecule has 196 valence electrons. The van der Waals surface area contributed by atoms with Crippen LogP contribution in [-0.2, 0) is 22.6 Å². The Labute approximate surface area is 228 Å². The fourth-order valence-corrected chi connectivity index (χ4v) is 6.42. The minimum atomic E-state index is -0.590. The summed E-state index contributed by atoms with van der Waals surface area (Å²) in [5, 5.41) is 7.49. The van der Waals surface area contributed by atoms with Gasteiger partial charge in [-0.25, -0.2) is 0 Å². The van der Waals surface area contributed by atoms with Crippen LogP contribution in [0.3, 0.4) is 0 Å². The minimum Gasteiger partial charge on any atom is -0.367 e. The second-order valence-corrected chi connectivity index (χ2v) is 12.0. The SMILES string of the molecule is CC1CCN(Cc2ccc(N3C[C@@H](N4N=C(CCc5ccc(Cl)cc5)SC4C(N)=O)CC3=O)cc2)CC1. The third-order valence-corrected chi connectivity index (χ3v) is 8.99. The van der Waals surface area contributed by atoms with Crippen LogP contribution in [0.4, 0.5) is 5.69 Å². The fourth-order valence-electron chi connectivity index (χ4n) is 5.24. The largest absolute Gasteiger partial charge is 0.367 e. The maximum absolute atomic E-state index is 13.0. The summed E-state index contributed by atoms with van der Waals surface area (Å²) in [6.07, 6.45) is 4.32. The monoisotopic (exact) mass is 539 g/mol. The number of rotatable bonds is 8. The van der Waals surface area contributed by atoms with E-state index < -0.39 is 11.3 Å². The van der Waals surface area contributed by atoms with Gasteiger partial charge in [-0.3, -0.25) is 19.5 Å².